The molecule has 1 aliphatic rings. The van der Waals surface area contributed by atoms with Gasteiger partial charge in [-0.25, -0.2) is 4.79 Å². The third-order valence-corrected chi connectivity index (χ3v) is 5.91. The second kappa shape index (κ2) is 6.69. The standard InChI is InChI=1S/C18H18ClNO4S/c1-18(9-19)10-20(17(18)22)14-13(8-25-15(14)16(21)24-3)11-4-6-12(23-2)7-5-11/h4-8H,9-10H2,1-3H3. The highest BCUT2D eigenvalue weighted by atomic mass is 35.5. The quantitative estimate of drug-likeness (QED) is 0.450. The number of alkyl halides is 1. The van der Waals surface area contributed by atoms with E-state index in [4.69, 9.17) is 21.1 Å². The predicted octanol–water partition coefficient (Wildman–Crippen LogP) is 3.80. The molecule has 0 aliphatic carbocycles. The summed E-state index contributed by atoms with van der Waals surface area (Å²) in [6, 6.07) is 7.48. The molecule has 1 saturated heterocycles. The molecule has 0 radical (unpaired) electrons. The van der Waals surface area contributed by atoms with E-state index in [9.17, 15) is 9.59 Å². The summed E-state index contributed by atoms with van der Waals surface area (Å²) < 4.78 is 10.1. The largest absolute Gasteiger partial charge is 0.497 e. The monoisotopic (exact) mass is 379 g/mol. The number of hydrogen-bond donors (Lipinski definition) is 0. The third kappa shape index (κ3) is 2.89. The van der Waals surface area contributed by atoms with Gasteiger partial charge < -0.3 is 14.4 Å². The number of hydrogen-bond acceptors (Lipinski definition) is 5. The van der Waals surface area contributed by atoms with Crippen molar-refractivity contribution in [2.75, 3.05) is 31.5 Å². The van der Waals surface area contributed by atoms with E-state index in [1.165, 1.54) is 18.4 Å². The van der Waals surface area contributed by atoms with Crippen molar-refractivity contribution in [2.24, 2.45) is 5.41 Å². The van der Waals surface area contributed by atoms with Gasteiger partial charge in [-0.05, 0) is 24.6 Å². The van der Waals surface area contributed by atoms with Crippen LogP contribution in [0.3, 0.4) is 0 Å². The van der Waals surface area contributed by atoms with Crippen LogP contribution >= 0.6 is 22.9 Å². The zero-order chi connectivity index (χ0) is 18.2. The molecule has 3 rings (SSSR count). The Bertz CT molecular complexity index is 817. The maximum atomic E-state index is 12.6. The molecule has 1 aliphatic heterocycles. The molecule has 2 aromatic rings. The van der Waals surface area contributed by atoms with Gasteiger partial charge in [0, 0.05) is 23.4 Å². The minimum Gasteiger partial charge on any atom is -0.497 e. The number of methoxy groups -OCH3 is 2. The van der Waals surface area contributed by atoms with E-state index < -0.39 is 11.4 Å². The Morgan fingerprint density at radius 3 is 2.52 bits per heavy atom. The van der Waals surface area contributed by atoms with Crippen molar-refractivity contribution < 1.29 is 19.1 Å². The number of esters is 1. The maximum absolute atomic E-state index is 12.6. The van der Waals surface area contributed by atoms with Gasteiger partial charge in [-0.1, -0.05) is 12.1 Å². The van der Waals surface area contributed by atoms with Crippen molar-refractivity contribution in [3.8, 4) is 16.9 Å². The van der Waals surface area contributed by atoms with E-state index in [1.807, 2.05) is 36.6 Å². The SMILES string of the molecule is COC(=O)c1scc(-c2ccc(OC)cc2)c1N1CC(C)(CCl)C1=O. The van der Waals surface area contributed by atoms with Gasteiger partial charge in [0.1, 0.15) is 10.6 Å². The van der Waals surface area contributed by atoms with Crippen LogP contribution in [-0.4, -0.2) is 38.5 Å². The Labute approximate surface area is 155 Å². The molecule has 0 bridgehead atoms. The summed E-state index contributed by atoms with van der Waals surface area (Å²) >= 11 is 7.20. The first-order chi connectivity index (χ1) is 11.9. The van der Waals surface area contributed by atoms with Crippen molar-refractivity contribution in [2.45, 2.75) is 6.92 Å². The van der Waals surface area contributed by atoms with Gasteiger partial charge in [0.15, 0.2) is 0 Å². The number of amides is 1. The minimum atomic E-state index is -0.589. The van der Waals surface area contributed by atoms with E-state index in [1.54, 1.807) is 12.0 Å². The second-order valence-electron chi connectivity index (χ2n) is 6.13. The molecular weight excluding hydrogens is 362 g/mol. The lowest BCUT2D eigenvalue weighted by molar-refractivity contribution is -0.132. The van der Waals surface area contributed by atoms with Crippen molar-refractivity contribution in [3.05, 3.63) is 34.5 Å². The summed E-state index contributed by atoms with van der Waals surface area (Å²) in [6.45, 7) is 2.30. The van der Waals surface area contributed by atoms with Crippen LogP contribution in [0, 0.1) is 5.41 Å². The van der Waals surface area contributed by atoms with Gasteiger partial charge in [-0.15, -0.1) is 22.9 Å². The molecule has 5 nitrogen and oxygen atoms in total. The molecule has 0 spiro atoms. The fourth-order valence-corrected chi connectivity index (χ4v) is 4.03. The van der Waals surface area contributed by atoms with Crippen molar-refractivity contribution >= 4 is 40.5 Å². The Balaban J connectivity index is 2.06. The van der Waals surface area contributed by atoms with Crippen LogP contribution in [0.4, 0.5) is 5.69 Å². The molecule has 1 aromatic carbocycles. The first-order valence-electron chi connectivity index (χ1n) is 7.67. The van der Waals surface area contributed by atoms with Crippen LogP contribution in [0.5, 0.6) is 5.75 Å². The molecule has 2 heterocycles. The normalized spacial score (nSPS) is 19.5. The molecule has 1 unspecified atom stereocenters. The average Bonchev–Trinajstić information content (AvgIpc) is 3.09. The number of anilines is 1. The number of carbonyl (C=O) groups excluding carboxylic acids is 2. The summed E-state index contributed by atoms with van der Waals surface area (Å²) in [7, 11) is 2.94. The number of β-lactam (4-membered cyclic amide) rings is 1. The Morgan fingerprint density at radius 1 is 1.32 bits per heavy atom. The van der Waals surface area contributed by atoms with Gasteiger partial charge in [0.2, 0.25) is 5.91 Å². The van der Waals surface area contributed by atoms with E-state index in [0.717, 1.165) is 16.9 Å². The van der Waals surface area contributed by atoms with Crippen LogP contribution in [0.2, 0.25) is 0 Å². The Hall–Kier alpha value is -2.05. The van der Waals surface area contributed by atoms with Crippen LogP contribution in [0.15, 0.2) is 29.6 Å². The number of ether oxygens (including phenoxy) is 2. The maximum Gasteiger partial charge on any atom is 0.350 e. The number of benzene rings is 1. The molecule has 1 atom stereocenters. The zero-order valence-electron chi connectivity index (χ0n) is 14.2. The smallest absolute Gasteiger partial charge is 0.350 e. The summed E-state index contributed by atoms with van der Waals surface area (Å²) in [6.07, 6.45) is 0. The van der Waals surface area contributed by atoms with Crippen molar-refractivity contribution in [1.29, 1.82) is 0 Å². The first-order valence-corrected chi connectivity index (χ1v) is 9.08. The van der Waals surface area contributed by atoms with Crippen molar-refractivity contribution in [3.63, 3.8) is 0 Å². The number of carbonyl (C=O) groups is 2. The lowest BCUT2D eigenvalue weighted by atomic mass is 9.82. The number of nitrogens with zero attached hydrogens (tertiary/aromatic N) is 1. The average molecular weight is 380 g/mol. The highest BCUT2D eigenvalue weighted by molar-refractivity contribution is 7.13. The molecule has 0 saturated carbocycles. The van der Waals surface area contributed by atoms with E-state index in [-0.39, 0.29) is 11.8 Å². The number of halogens is 1. The van der Waals surface area contributed by atoms with Crippen LogP contribution in [-0.2, 0) is 9.53 Å². The molecular formula is C18H18ClNO4S. The van der Waals surface area contributed by atoms with E-state index >= 15 is 0 Å². The van der Waals surface area contributed by atoms with Gasteiger partial charge >= 0.3 is 5.97 Å². The van der Waals surface area contributed by atoms with Crippen molar-refractivity contribution in [1.82, 2.24) is 0 Å². The first kappa shape index (κ1) is 17.8. The molecule has 7 heteroatoms. The predicted molar refractivity (Wildman–Crippen MR) is 98.8 cm³/mol. The van der Waals surface area contributed by atoms with Gasteiger partial charge in [0.05, 0.1) is 25.3 Å². The number of thiophene rings is 1. The Kier molecular flexibility index (Phi) is 4.75. The highest BCUT2D eigenvalue weighted by Gasteiger charge is 2.50. The molecule has 0 N–H and O–H groups in total. The molecule has 1 aromatic heterocycles. The third-order valence-electron chi connectivity index (χ3n) is 4.37. The van der Waals surface area contributed by atoms with Gasteiger partial charge in [-0.2, -0.15) is 0 Å². The number of rotatable bonds is 5. The van der Waals surface area contributed by atoms with Gasteiger partial charge in [-0.3, -0.25) is 4.79 Å². The fraction of sp³-hybridized carbons (Fsp3) is 0.333. The van der Waals surface area contributed by atoms with Crippen LogP contribution < -0.4 is 9.64 Å². The lowest BCUT2D eigenvalue weighted by Gasteiger charge is -2.46. The van der Waals surface area contributed by atoms with Gasteiger partial charge in [0.25, 0.3) is 0 Å². The Morgan fingerprint density at radius 2 is 2.00 bits per heavy atom. The summed E-state index contributed by atoms with van der Waals surface area (Å²) in [4.78, 5) is 26.8. The fourth-order valence-electron chi connectivity index (χ4n) is 2.84. The molecule has 1 amide bonds. The molecule has 1 fully saturated rings. The summed E-state index contributed by atoms with van der Waals surface area (Å²) in [5.41, 5.74) is 1.72. The lowest BCUT2D eigenvalue weighted by Crippen LogP contribution is -2.61. The van der Waals surface area contributed by atoms with E-state index in [2.05, 4.69) is 0 Å². The molecule has 25 heavy (non-hydrogen) atoms. The van der Waals surface area contributed by atoms with Crippen LogP contribution in [0.25, 0.3) is 11.1 Å². The van der Waals surface area contributed by atoms with Crippen LogP contribution in [0.1, 0.15) is 16.6 Å². The summed E-state index contributed by atoms with van der Waals surface area (Å²) in [5, 5.41) is 1.87. The highest BCUT2D eigenvalue weighted by Crippen LogP contribution is 2.46. The topological polar surface area (TPSA) is 55.8 Å². The zero-order valence-corrected chi connectivity index (χ0v) is 15.7. The molecule has 132 valence electrons. The van der Waals surface area contributed by atoms with E-state index in [0.29, 0.717) is 17.1 Å². The minimum absolute atomic E-state index is 0.0826. The summed E-state index contributed by atoms with van der Waals surface area (Å²) in [5.74, 6) is 0.453. The second-order valence-corrected chi connectivity index (χ2v) is 7.28.